The van der Waals surface area contributed by atoms with Gasteiger partial charge in [0, 0.05) is 10.9 Å². The van der Waals surface area contributed by atoms with Crippen molar-refractivity contribution in [3.63, 3.8) is 0 Å². The number of hydrogen-bond donors (Lipinski definition) is 2. The van der Waals surface area contributed by atoms with Gasteiger partial charge in [0.25, 0.3) is 6.08 Å². The fourth-order valence-corrected chi connectivity index (χ4v) is 1.40. The number of nitrogens with zero attached hydrogens (tertiary/aromatic N) is 2. The highest BCUT2D eigenvalue weighted by atomic mass is 16.2. The van der Waals surface area contributed by atoms with Crippen LogP contribution in [-0.4, -0.2) is 22.1 Å². The molecule has 1 aromatic carbocycles. The highest BCUT2D eigenvalue weighted by Gasteiger charge is 2.14. The second kappa shape index (κ2) is 3.98. The highest BCUT2D eigenvalue weighted by Crippen LogP contribution is 2.15. The predicted molar refractivity (Wildman–Crippen MR) is 56.8 cm³/mol. The second-order valence-electron chi connectivity index (χ2n) is 3.11. The molecular formula is C10H8N4O2. The van der Waals surface area contributed by atoms with Crippen molar-refractivity contribution in [3.05, 3.63) is 36.0 Å². The number of benzene rings is 1. The van der Waals surface area contributed by atoms with Crippen LogP contribution in [0.25, 0.3) is 10.9 Å². The Morgan fingerprint density at radius 1 is 1.44 bits per heavy atom. The van der Waals surface area contributed by atoms with Crippen molar-refractivity contribution >= 4 is 22.9 Å². The summed E-state index contributed by atoms with van der Waals surface area (Å²) in [7, 11) is 0. The largest absolute Gasteiger partial charge is 0.350 e. The van der Waals surface area contributed by atoms with Crippen LogP contribution >= 0.6 is 0 Å². The zero-order chi connectivity index (χ0) is 11.5. The number of carbonyl (C=O) groups is 1. The number of para-hydroxylation sites is 1. The number of nitrogens with two attached hydrogens (primary N) is 1. The van der Waals surface area contributed by atoms with Crippen LogP contribution in [0.3, 0.4) is 0 Å². The number of carbonyl (C=O) groups excluding carboxylic acids is 2. The van der Waals surface area contributed by atoms with Crippen LogP contribution in [0.5, 0.6) is 0 Å². The molecule has 3 N–H and O–H groups in total. The fraction of sp³-hybridized carbons (Fsp3) is 0. The van der Waals surface area contributed by atoms with E-state index >= 15 is 0 Å². The van der Waals surface area contributed by atoms with Gasteiger partial charge >= 0.3 is 5.91 Å². The SMILES string of the molecule is NN(N=C=O)C(=O)c1cc2ccccc2[nH]1. The molecule has 16 heavy (non-hydrogen) atoms. The molecule has 0 atom stereocenters. The predicted octanol–water partition coefficient (Wildman–Crippen LogP) is 0.735. The molecule has 0 saturated heterocycles. The third kappa shape index (κ3) is 1.70. The van der Waals surface area contributed by atoms with Gasteiger partial charge in [0.1, 0.15) is 5.69 Å². The van der Waals surface area contributed by atoms with Gasteiger partial charge in [0.05, 0.1) is 0 Å². The number of amides is 1. The lowest BCUT2D eigenvalue weighted by atomic mass is 10.2. The van der Waals surface area contributed by atoms with E-state index in [4.69, 9.17) is 5.84 Å². The summed E-state index contributed by atoms with van der Waals surface area (Å²) in [5, 5.41) is 4.33. The minimum atomic E-state index is -0.598. The molecule has 0 aliphatic heterocycles. The molecule has 0 fully saturated rings. The Kier molecular flexibility index (Phi) is 2.51. The Bertz CT molecular complexity index is 550. The first-order valence-electron chi connectivity index (χ1n) is 4.47. The van der Waals surface area contributed by atoms with Gasteiger partial charge in [-0.15, -0.1) is 5.12 Å². The summed E-state index contributed by atoms with van der Waals surface area (Å²) >= 11 is 0. The molecule has 1 heterocycles. The van der Waals surface area contributed by atoms with Crippen LogP contribution in [0.1, 0.15) is 10.5 Å². The van der Waals surface area contributed by atoms with E-state index in [2.05, 4.69) is 10.1 Å². The molecule has 6 heteroatoms. The number of H-pyrrole nitrogens is 1. The van der Waals surface area contributed by atoms with E-state index in [-0.39, 0.29) is 5.69 Å². The van der Waals surface area contributed by atoms with Gasteiger partial charge in [-0.3, -0.25) is 4.79 Å². The number of hydrazine groups is 1. The first-order valence-corrected chi connectivity index (χ1v) is 4.47. The molecule has 1 aromatic heterocycles. The van der Waals surface area contributed by atoms with Crippen molar-refractivity contribution in [2.45, 2.75) is 0 Å². The number of hydrazone groups is 1. The summed E-state index contributed by atoms with van der Waals surface area (Å²) in [6.45, 7) is 0. The fourth-order valence-electron chi connectivity index (χ4n) is 1.40. The van der Waals surface area contributed by atoms with Crippen molar-refractivity contribution in [1.82, 2.24) is 10.1 Å². The molecule has 0 saturated carbocycles. The summed E-state index contributed by atoms with van der Waals surface area (Å²) in [4.78, 5) is 24.4. The first kappa shape index (κ1) is 10.1. The smallest absolute Gasteiger partial charge is 0.305 e. The van der Waals surface area contributed by atoms with E-state index in [1.807, 2.05) is 24.3 Å². The molecule has 80 valence electrons. The molecule has 0 aliphatic carbocycles. The maximum Gasteiger partial charge on any atom is 0.305 e. The van der Waals surface area contributed by atoms with E-state index in [1.165, 1.54) is 6.08 Å². The minimum absolute atomic E-state index is 0.266. The summed E-state index contributed by atoms with van der Waals surface area (Å²) in [6, 6.07) is 9.02. The molecule has 6 nitrogen and oxygen atoms in total. The number of aromatic nitrogens is 1. The second-order valence-corrected chi connectivity index (χ2v) is 3.11. The molecule has 0 bridgehead atoms. The average Bonchev–Trinajstić information content (AvgIpc) is 2.71. The van der Waals surface area contributed by atoms with Crippen molar-refractivity contribution in [2.75, 3.05) is 0 Å². The molecule has 0 unspecified atom stereocenters. The Hall–Kier alpha value is -2.43. The van der Waals surface area contributed by atoms with Gasteiger partial charge in [-0.2, -0.15) is 0 Å². The normalized spacial score (nSPS) is 9.81. The van der Waals surface area contributed by atoms with Gasteiger partial charge in [-0.1, -0.05) is 23.3 Å². The summed E-state index contributed by atoms with van der Waals surface area (Å²) in [5.74, 6) is 4.62. The van der Waals surface area contributed by atoms with Crippen molar-refractivity contribution < 1.29 is 9.59 Å². The standard InChI is InChI=1S/C10H8N4O2/c11-14(12-6-15)10(16)9-5-7-3-1-2-4-8(7)13-9/h1-5,13H,11H2. The van der Waals surface area contributed by atoms with Gasteiger partial charge in [-0.25, -0.2) is 10.6 Å². The van der Waals surface area contributed by atoms with E-state index in [9.17, 15) is 9.59 Å². The Balaban J connectivity index is 2.40. The molecule has 0 aliphatic rings. The van der Waals surface area contributed by atoms with Crippen molar-refractivity contribution in [3.8, 4) is 0 Å². The van der Waals surface area contributed by atoms with Gasteiger partial charge in [0.2, 0.25) is 0 Å². The lowest BCUT2D eigenvalue weighted by Crippen LogP contribution is -2.32. The van der Waals surface area contributed by atoms with Crippen LogP contribution < -0.4 is 5.84 Å². The molecule has 1 amide bonds. The number of aromatic amines is 1. The van der Waals surface area contributed by atoms with E-state index in [1.54, 1.807) is 6.07 Å². The van der Waals surface area contributed by atoms with E-state index in [0.29, 0.717) is 5.12 Å². The number of isocyanates is 1. The maximum atomic E-state index is 11.6. The van der Waals surface area contributed by atoms with Gasteiger partial charge in [0.15, 0.2) is 0 Å². The lowest BCUT2D eigenvalue weighted by molar-refractivity contribution is 0.0755. The minimum Gasteiger partial charge on any atom is -0.350 e. The van der Waals surface area contributed by atoms with E-state index < -0.39 is 5.91 Å². The lowest BCUT2D eigenvalue weighted by Gasteiger charge is -2.04. The van der Waals surface area contributed by atoms with Crippen LogP contribution in [-0.2, 0) is 4.79 Å². The molecule has 2 rings (SSSR count). The average molecular weight is 216 g/mol. The third-order valence-electron chi connectivity index (χ3n) is 2.12. The first-order chi connectivity index (χ1) is 7.72. The molecular weight excluding hydrogens is 208 g/mol. The molecule has 0 spiro atoms. The van der Waals surface area contributed by atoms with Crippen LogP contribution in [0, 0.1) is 0 Å². The Morgan fingerprint density at radius 3 is 2.88 bits per heavy atom. The van der Waals surface area contributed by atoms with Crippen LogP contribution in [0.2, 0.25) is 0 Å². The quantitative estimate of drug-likeness (QED) is 0.255. The Morgan fingerprint density at radius 2 is 2.19 bits per heavy atom. The van der Waals surface area contributed by atoms with E-state index in [0.717, 1.165) is 10.9 Å². The van der Waals surface area contributed by atoms with Crippen LogP contribution in [0.15, 0.2) is 35.4 Å². The zero-order valence-corrected chi connectivity index (χ0v) is 8.18. The highest BCUT2D eigenvalue weighted by molar-refractivity contribution is 5.97. The topological polar surface area (TPSA) is 91.5 Å². The third-order valence-corrected chi connectivity index (χ3v) is 2.12. The summed E-state index contributed by atoms with van der Waals surface area (Å²) in [5.41, 5.74) is 1.08. The van der Waals surface area contributed by atoms with Crippen molar-refractivity contribution in [1.29, 1.82) is 0 Å². The maximum absolute atomic E-state index is 11.6. The van der Waals surface area contributed by atoms with Gasteiger partial charge in [-0.05, 0) is 12.1 Å². The van der Waals surface area contributed by atoms with Gasteiger partial charge < -0.3 is 4.98 Å². The monoisotopic (exact) mass is 216 g/mol. The number of hydrogen-bond acceptors (Lipinski definition) is 4. The number of nitrogens with one attached hydrogen (secondary N) is 1. The number of rotatable bonds is 2. The summed E-state index contributed by atoms with van der Waals surface area (Å²) in [6.07, 6.45) is 1.19. The number of fused-ring (bicyclic) bond motifs is 1. The van der Waals surface area contributed by atoms with Crippen LogP contribution in [0.4, 0.5) is 0 Å². The molecule has 2 aromatic rings. The summed E-state index contributed by atoms with van der Waals surface area (Å²) < 4.78 is 0. The van der Waals surface area contributed by atoms with Crippen molar-refractivity contribution in [2.24, 2.45) is 10.9 Å². The zero-order valence-electron chi connectivity index (χ0n) is 8.18. The Labute approximate surface area is 90.3 Å². The molecule has 0 radical (unpaired) electrons.